The molecule has 1 aromatic heterocycles. The van der Waals surface area contributed by atoms with Crippen molar-refractivity contribution in [2.24, 2.45) is 0 Å². The van der Waals surface area contributed by atoms with Crippen LogP contribution in [0.1, 0.15) is 45.4 Å². The van der Waals surface area contributed by atoms with Crippen LogP contribution >= 0.6 is 11.6 Å². The third-order valence-corrected chi connectivity index (χ3v) is 5.26. The summed E-state index contributed by atoms with van der Waals surface area (Å²) in [7, 11) is -4.02. The van der Waals surface area contributed by atoms with Crippen LogP contribution < -0.4 is 4.72 Å². The molecule has 2 rings (SSSR count). The van der Waals surface area contributed by atoms with E-state index in [9.17, 15) is 13.2 Å². The van der Waals surface area contributed by atoms with E-state index in [2.05, 4.69) is 4.98 Å². The number of hydrogen-bond donors (Lipinski definition) is 1. The minimum absolute atomic E-state index is 0.00890. The number of aromatic nitrogens is 1. The van der Waals surface area contributed by atoms with Crippen LogP contribution in [0.5, 0.6) is 0 Å². The first-order chi connectivity index (χ1) is 10.9. The highest BCUT2D eigenvalue weighted by molar-refractivity contribution is 7.90. The first-order valence-electron chi connectivity index (χ1n) is 7.72. The number of nitrogens with zero attached hydrogens (tertiary/aromatic N) is 1. The van der Waals surface area contributed by atoms with Crippen LogP contribution in [0.2, 0.25) is 5.02 Å². The standard InChI is InChI=1S/C15H21ClN2O4S/c1-11(22-13-6-4-2-3-5-7-13)15(19)18-23(20,21)14-9-8-12(16)10-17-14/h8-11,13H,2-7H2,1H3,(H,18,19)/t11-/m1/s1. The van der Waals surface area contributed by atoms with Crippen LogP contribution in [-0.4, -0.2) is 31.5 Å². The number of amides is 1. The maximum atomic E-state index is 12.1. The Kier molecular flexibility index (Phi) is 6.38. The minimum atomic E-state index is -4.02. The predicted octanol–water partition coefficient (Wildman–Crippen LogP) is 2.67. The third-order valence-electron chi connectivity index (χ3n) is 3.78. The van der Waals surface area contributed by atoms with Crippen LogP contribution in [0, 0.1) is 0 Å². The molecule has 8 heteroatoms. The van der Waals surface area contributed by atoms with Gasteiger partial charge in [0, 0.05) is 6.20 Å². The van der Waals surface area contributed by atoms with Gasteiger partial charge in [-0.3, -0.25) is 4.79 Å². The number of halogens is 1. The maximum absolute atomic E-state index is 12.1. The van der Waals surface area contributed by atoms with E-state index in [-0.39, 0.29) is 11.1 Å². The normalized spacial score (nSPS) is 18.2. The average Bonchev–Trinajstić information content (AvgIpc) is 2.76. The number of ether oxygens (including phenoxy) is 1. The molecule has 23 heavy (non-hydrogen) atoms. The largest absolute Gasteiger partial charge is 0.365 e. The van der Waals surface area contributed by atoms with Gasteiger partial charge in [0.2, 0.25) is 0 Å². The van der Waals surface area contributed by atoms with Crippen LogP contribution in [0.25, 0.3) is 0 Å². The molecule has 0 bridgehead atoms. The zero-order valence-corrected chi connectivity index (χ0v) is 14.6. The molecule has 1 amide bonds. The summed E-state index contributed by atoms with van der Waals surface area (Å²) in [4.78, 5) is 15.8. The molecule has 0 unspecified atom stereocenters. The second-order valence-electron chi connectivity index (χ2n) is 5.68. The highest BCUT2D eigenvalue weighted by Gasteiger charge is 2.25. The van der Waals surface area contributed by atoms with Crippen molar-refractivity contribution in [3.63, 3.8) is 0 Å². The molecule has 0 radical (unpaired) electrons. The van der Waals surface area contributed by atoms with Crippen molar-refractivity contribution >= 4 is 27.5 Å². The molecule has 1 heterocycles. The summed E-state index contributed by atoms with van der Waals surface area (Å²) in [5, 5.41) is 0.0669. The topological polar surface area (TPSA) is 85.4 Å². The van der Waals surface area contributed by atoms with E-state index in [0.29, 0.717) is 5.02 Å². The van der Waals surface area contributed by atoms with Crippen molar-refractivity contribution in [2.75, 3.05) is 0 Å². The fraction of sp³-hybridized carbons (Fsp3) is 0.600. The highest BCUT2D eigenvalue weighted by atomic mass is 35.5. The van der Waals surface area contributed by atoms with Crippen LogP contribution in [-0.2, 0) is 19.6 Å². The molecule has 1 fully saturated rings. The van der Waals surface area contributed by atoms with E-state index in [4.69, 9.17) is 16.3 Å². The number of pyridine rings is 1. The summed E-state index contributed by atoms with van der Waals surface area (Å²) in [6, 6.07) is 2.65. The van der Waals surface area contributed by atoms with Gasteiger partial charge < -0.3 is 4.74 Å². The van der Waals surface area contributed by atoms with Crippen molar-refractivity contribution in [1.29, 1.82) is 0 Å². The van der Waals surface area contributed by atoms with Gasteiger partial charge in [-0.15, -0.1) is 0 Å². The molecule has 0 aliphatic heterocycles. The second kappa shape index (κ2) is 8.08. The number of carbonyl (C=O) groups excluding carboxylic acids is 1. The fourth-order valence-electron chi connectivity index (χ4n) is 2.52. The minimum Gasteiger partial charge on any atom is -0.365 e. The zero-order valence-electron chi connectivity index (χ0n) is 13.0. The van der Waals surface area contributed by atoms with Gasteiger partial charge in [-0.1, -0.05) is 37.3 Å². The number of carbonyl (C=O) groups is 1. The molecule has 128 valence electrons. The summed E-state index contributed by atoms with van der Waals surface area (Å²) in [5.41, 5.74) is 0. The molecule has 1 saturated carbocycles. The van der Waals surface area contributed by atoms with E-state index in [1.807, 2.05) is 4.72 Å². The Bertz CT molecular complexity index is 625. The van der Waals surface area contributed by atoms with Crippen molar-refractivity contribution in [3.05, 3.63) is 23.4 Å². The molecule has 1 atom stereocenters. The molecule has 0 aromatic carbocycles. The number of rotatable bonds is 5. The van der Waals surface area contributed by atoms with Gasteiger partial charge in [-0.2, -0.15) is 8.42 Å². The molecule has 6 nitrogen and oxygen atoms in total. The molecule has 0 spiro atoms. The molecular weight excluding hydrogens is 340 g/mol. The average molecular weight is 361 g/mol. The van der Waals surface area contributed by atoms with E-state index in [1.54, 1.807) is 6.92 Å². The van der Waals surface area contributed by atoms with Gasteiger partial charge in [0.05, 0.1) is 11.1 Å². The van der Waals surface area contributed by atoms with Gasteiger partial charge >= 0.3 is 0 Å². The molecule has 0 saturated heterocycles. The first kappa shape index (κ1) is 18.2. The monoisotopic (exact) mass is 360 g/mol. The number of sulfonamides is 1. The van der Waals surface area contributed by atoms with Gasteiger partial charge in [-0.25, -0.2) is 9.71 Å². The van der Waals surface area contributed by atoms with Crippen molar-refractivity contribution in [2.45, 2.75) is 62.7 Å². The predicted molar refractivity (Wildman–Crippen MR) is 86.6 cm³/mol. The highest BCUT2D eigenvalue weighted by Crippen LogP contribution is 2.21. The second-order valence-corrected chi connectivity index (χ2v) is 7.74. The Labute approximate surface area is 141 Å². The Morgan fingerprint density at radius 3 is 2.52 bits per heavy atom. The van der Waals surface area contributed by atoms with Gasteiger partial charge in [-0.05, 0) is 31.9 Å². The smallest absolute Gasteiger partial charge is 0.281 e. The first-order valence-corrected chi connectivity index (χ1v) is 9.58. The van der Waals surface area contributed by atoms with Crippen LogP contribution in [0.3, 0.4) is 0 Å². The summed E-state index contributed by atoms with van der Waals surface area (Å²) < 4.78 is 31.9. The molecule has 1 N–H and O–H groups in total. The molecule has 1 aromatic rings. The Morgan fingerprint density at radius 1 is 1.30 bits per heavy atom. The van der Waals surface area contributed by atoms with Crippen molar-refractivity contribution < 1.29 is 17.9 Å². The lowest BCUT2D eigenvalue weighted by atomic mass is 10.1. The Morgan fingerprint density at radius 2 is 1.96 bits per heavy atom. The van der Waals surface area contributed by atoms with Gasteiger partial charge in [0.25, 0.3) is 15.9 Å². The van der Waals surface area contributed by atoms with Crippen molar-refractivity contribution in [3.8, 4) is 0 Å². The fourth-order valence-corrected chi connectivity index (χ4v) is 3.60. The third kappa shape index (κ3) is 5.44. The van der Waals surface area contributed by atoms with E-state index >= 15 is 0 Å². The molecule has 1 aliphatic carbocycles. The number of nitrogens with one attached hydrogen (secondary N) is 1. The van der Waals surface area contributed by atoms with Gasteiger partial charge in [0.1, 0.15) is 6.10 Å². The van der Waals surface area contributed by atoms with E-state index in [1.165, 1.54) is 31.2 Å². The Balaban J connectivity index is 1.95. The number of hydrogen-bond acceptors (Lipinski definition) is 5. The molecular formula is C15H21ClN2O4S. The summed E-state index contributed by atoms with van der Waals surface area (Å²) in [6.45, 7) is 1.56. The molecule has 1 aliphatic rings. The maximum Gasteiger partial charge on any atom is 0.281 e. The van der Waals surface area contributed by atoms with E-state index in [0.717, 1.165) is 25.7 Å². The lowest BCUT2D eigenvalue weighted by Gasteiger charge is -2.20. The zero-order chi connectivity index (χ0) is 16.9. The summed E-state index contributed by atoms with van der Waals surface area (Å²) in [6.07, 6.45) is 6.71. The summed E-state index contributed by atoms with van der Waals surface area (Å²) in [5.74, 6) is -0.689. The lowest BCUT2D eigenvalue weighted by molar-refractivity contribution is -0.133. The van der Waals surface area contributed by atoms with Gasteiger partial charge in [0.15, 0.2) is 5.03 Å². The van der Waals surface area contributed by atoms with Crippen LogP contribution in [0.4, 0.5) is 0 Å². The SMILES string of the molecule is C[C@@H](OC1CCCCCC1)C(=O)NS(=O)(=O)c1ccc(Cl)cn1. The Hall–Kier alpha value is -1.18. The quantitative estimate of drug-likeness (QED) is 0.816. The van der Waals surface area contributed by atoms with Crippen molar-refractivity contribution in [1.82, 2.24) is 9.71 Å². The lowest BCUT2D eigenvalue weighted by Crippen LogP contribution is -2.40. The van der Waals surface area contributed by atoms with Crippen LogP contribution in [0.15, 0.2) is 23.4 Å². The van der Waals surface area contributed by atoms with E-state index < -0.39 is 22.0 Å². The summed E-state index contributed by atoms with van der Waals surface area (Å²) >= 11 is 5.68.